The lowest BCUT2D eigenvalue weighted by atomic mass is 9.77. The predicted molar refractivity (Wildman–Crippen MR) is 118 cm³/mol. The van der Waals surface area contributed by atoms with Crippen LogP contribution < -0.4 is 4.74 Å². The van der Waals surface area contributed by atoms with Crippen LogP contribution in [-0.2, 0) is 6.18 Å². The molecule has 3 aromatic heterocycles. The number of rotatable bonds is 4. The highest BCUT2D eigenvalue weighted by Crippen LogP contribution is 2.39. The summed E-state index contributed by atoms with van der Waals surface area (Å²) in [5.41, 5.74) is 1.58. The summed E-state index contributed by atoms with van der Waals surface area (Å²) in [5.74, 6) is 0.185. The van der Waals surface area contributed by atoms with Crippen molar-refractivity contribution in [3.05, 3.63) is 71.8 Å². The third-order valence-electron chi connectivity index (χ3n) is 6.50. The number of amides is 1. The zero-order valence-electron chi connectivity index (χ0n) is 18.5. The molecule has 1 amide bonds. The third kappa shape index (κ3) is 4.34. The van der Waals surface area contributed by atoms with Crippen molar-refractivity contribution in [1.82, 2.24) is 19.9 Å². The average molecular weight is 468 g/mol. The van der Waals surface area contributed by atoms with Gasteiger partial charge in [-0.3, -0.25) is 9.78 Å². The van der Waals surface area contributed by atoms with E-state index in [2.05, 4.69) is 15.0 Å². The zero-order chi connectivity index (χ0) is 23.9. The van der Waals surface area contributed by atoms with Gasteiger partial charge in [0.25, 0.3) is 5.91 Å². The lowest BCUT2D eigenvalue weighted by Gasteiger charge is -2.49. The SMILES string of the molecule is Cc1ccc(-c2ccccn2)c(C(=O)N2C[C@@H]3CC[C@H]2[C@H](Oc2ccc(C(F)(F)F)cn2)C3)n1. The molecule has 6 nitrogen and oxygen atoms in total. The minimum absolute atomic E-state index is 0.126. The van der Waals surface area contributed by atoms with Gasteiger partial charge in [0, 0.05) is 36.3 Å². The number of ether oxygens (including phenoxy) is 1. The molecule has 0 unspecified atom stereocenters. The predicted octanol–water partition coefficient (Wildman–Crippen LogP) is 4.94. The number of piperidine rings is 2. The number of carbonyl (C=O) groups is 1. The first kappa shape index (κ1) is 22.3. The van der Waals surface area contributed by atoms with E-state index in [0.717, 1.165) is 37.2 Å². The van der Waals surface area contributed by atoms with Gasteiger partial charge in [0.15, 0.2) is 0 Å². The molecule has 1 saturated carbocycles. The maximum absolute atomic E-state index is 13.7. The van der Waals surface area contributed by atoms with Gasteiger partial charge in [0.1, 0.15) is 11.8 Å². The van der Waals surface area contributed by atoms with Crippen molar-refractivity contribution in [2.45, 2.75) is 44.5 Å². The van der Waals surface area contributed by atoms with E-state index in [-0.39, 0.29) is 29.9 Å². The second kappa shape index (κ2) is 8.70. The summed E-state index contributed by atoms with van der Waals surface area (Å²) in [5, 5.41) is 0. The number of hydrogen-bond acceptors (Lipinski definition) is 5. The summed E-state index contributed by atoms with van der Waals surface area (Å²) in [6.07, 6.45) is 0.109. The minimum Gasteiger partial charge on any atom is -0.472 e. The molecule has 3 aromatic rings. The number of pyridine rings is 3. The molecule has 5 heterocycles. The van der Waals surface area contributed by atoms with E-state index in [9.17, 15) is 18.0 Å². The van der Waals surface area contributed by atoms with Crippen molar-refractivity contribution in [3.8, 4) is 17.1 Å². The highest BCUT2D eigenvalue weighted by Gasteiger charge is 2.45. The first-order valence-electron chi connectivity index (χ1n) is 11.2. The van der Waals surface area contributed by atoms with Crippen molar-refractivity contribution in [2.24, 2.45) is 5.92 Å². The van der Waals surface area contributed by atoms with Gasteiger partial charge in [0.05, 0.1) is 17.3 Å². The van der Waals surface area contributed by atoms with Crippen molar-refractivity contribution < 1.29 is 22.7 Å². The summed E-state index contributed by atoms with van der Waals surface area (Å²) in [4.78, 5) is 28.3. The minimum atomic E-state index is -4.45. The van der Waals surface area contributed by atoms with E-state index in [1.54, 1.807) is 11.1 Å². The number of fused-ring (bicyclic) bond motifs is 3. The van der Waals surface area contributed by atoms with Crippen molar-refractivity contribution in [2.75, 3.05) is 6.54 Å². The highest BCUT2D eigenvalue weighted by atomic mass is 19.4. The van der Waals surface area contributed by atoms with E-state index < -0.39 is 11.7 Å². The summed E-state index contributed by atoms with van der Waals surface area (Å²) in [6, 6.07) is 11.2. The molecule has 0 radical (unpaired) electrons. The summed E-state index contributed by atoms with van der Waals surface area (Å²) in [7, 11) is 0. The van der Waals surface area contributed by atoms with E-state index in [1.807, 2.05) is 37.3 Å². The van der Waals surface area contributed by atoms with E-state index in [4.69, 9.17) is 4.74 Å². The normalized spacial score (nSPS) is 22.0. The van der Waals surface area contributed by atoms with Gasteiger partial charge >= 0.3 is 6.18 Å². The molecular formula is C25H23F3N4O2. The Balaban J connectivity index is 1.40. The fourth-order valence-corrected chi connectivity index (χ4v) is 4.85. The maximum Gasteiger partial charge on any atom is 0.417 e. The summed E-state index contributed by atoms with van der Waals surface area (Å²) < 4.78 is 44.6. The van der Waals surface area contributed by atoms with Gasteiger partial charge in [-0.05, 0) is 62.4 Å². The second-order valence-corrected chi connectivity index (χ2v) is 8.81. The highest BCUT2D eigenvalue weighted by molar-refractivity contribution is 5.99. The molecule has 0 N–H and O–H groups in total. The van der Waals surface area contributed by atoms with E-state index in [0.29, 0.717) is 23.5 Å². The second-order valence-electron chi connectivity index (χ2n) is 8.81. The van der Waals surface area contributed by atoms with Crippen LogP contribution in [-0.4, -0.2) is 44.4 Å². The zero-order valence-corrected chi connectivity index (χ0v) is 18.5. The van der Waals surface area contributed by atoms with Crippen LogP contribution in [0, 0.1) is 12.8 Å². The average Bonchev–Trinajstić information content (AvgIpc) is 2.84. The molecule has 2 saturated heterocycles. The van der Waals surface area contributed by atoms with Crippen molar-refractivity contribution in [1.29, 1.82) is 0 Å². The fraction of sp³-hybridized carbons (Fsp3) is 0.360. The molecule has 176 valence electrons. The van der Waals surface area contributed by atoms with Crippen LogP contribution in [0.15, 0.2) is 54.9 Å². The van der Waals surface area contributed by atoms with Crippen LogP contribution in [0.2, 0.25) is 0 Å². The number of aromatic nitrogens is 3. The smallest absolute Gasteiger partial charge is 0.417 e. The van der Waals surface area contributed by atoms with Crippen LogP contribution in [0.25, 0.3) is 11.3 Å². The monoisotopic (exact) mass is 468 g/mol. The van der Waals surface area contributed by atoms with Crippen molar-refractivity contribution in [3.63, 3.8) is 0 Å². The quantitative estimate of drug-likeness (QED) is 0.543. The summed E-state index contributed by atoms with van der Waals surface area (Å²) >= 11 is 0. The standard InChI is InChI=1S/C25H23F3N4O2/c1-15-5-8-18(19-4-2-3-11-29-19)23(31-15)24(33)32-14-16-6-9-20(32)21(12-16)34-22-10-7-17(13-30-22)25(26,27)28/h2-5,7-8,10-11,13,16,20-21H,6,9,12,14H2,1H3/t16-,20+,21-/m1/s1. The molecule has 0 aromatic carbocycles. The Morgan fingerprint density at radius 1 is 1.09 bits per heavy atom. The number of nitrogens with zero attached hydrogens (tertiary/aromatic N) is 4. The van der Waals surface area contributed by atoms with E-state index in [1.165, 1.54) is 6.07 Å². The first-order valence-corrected chi connectivity index (χ1v) is 11.2. The van der Waals surface area contributed by atoms with Gasteiger partial charge in [-0.1, -0.05) is 6.07 Å². The number of carbonyl (C=O) groups excluding carboxylic acids is 1. The number of halogens is 3. The molecule has 0 spiro atoms. The maximum atomic E-state index is 13.7. The fourth-order valence-electron chi connectivity index (χ4n) is 4.85. The van der Waals surface area contributed by atoms with Crippen LogP contribution in [0.3, 0.4) is 0 Å². The van der Waals surface area contributed by atoms with Gasteiger partial charge in [0.2, 0.25) is 5.88 Å². The van der Waals surface area contributed by atoms with Gasteiger partial charge in [-0.15, -0.1) is 0 Å². The number of alkyl halides is 3. The molecule has 3 fully saturated rings. The summed E-state index contributed by atoms with van der Waals surface area (Å²) in [6.45, 7) is 2.44. The Labute approximate surface area is 194 Å². The Hall–Kier alpha value is -3.49. The van der Waals surface area contributed by atoms with Crippen LogP contribution in [0.4, 0.5) is 13.2 Å². The number of hydrogen-bond donors (Lipinski definition) is 0. The Kier molecular flexibility index (Phi) is 5.71. The molecule has 1 aliphatic carbocycles. The Morgan fingerprint density at radius 2 is 1.94 bits per heavy atom. The van der Waals surface area contributed by atoms with E-state index >= 15 is 0 Å². The third-order valence-corrected chi connectivity index (χ3v) is 6.50. The number of aryl methyl sites for hydroxylation is 1. The molecule has 3 aliphatic rings. The molecule has 9 heteroatoms. The molecule has 34 heavy (non-hydrogen) atoms. The molecule has 2 aliphatic heterocycles. The van der Waals surface area contributed by atoms with Crippen LogP contribution >= 0.6 is 0 Å². The molecule has 3 atom stereocenters. The largest absolute Gasteiger partial charge is 0.472 e. The molecule has 6 rings (SSSR count). The molecule has 2 bridgehead atoms. The Morgan fingerprint density at radius 3 is 2.62 bits per heavy atom. The van der Waals surface area contributed by atoms with Gasteiger partial charge in [-0.25, -0.2) is 9.97 Å². The molecular weight excluding hydrogens is 445 g/mol. The first-order chi connectivity index (χ1) is 16.3. The van der Waals surface area contributed by atoms with Crippen LogP contribution in [0.1, 0.15) is 41.0 Å². The van der Waals surface area contributed by atoms with Gasteiger partial charge in [-0.2, -0.15) is 13.2 Å². The lowest BCUT2D eigenvalue weighted by molar-refractivity contribution is -0.137. The van der Waals surface area contributed by atoms with Crippen molar-refractivity contribution >= 4 is 5.91 Å². The van der Waals surface area contributed by atoms with Gasteiger partial charge < -0.3 is 9.64 Å². The van der Waals surface area contributed by atoms with Crippen LogP contribution in [0.5, 0.6) is 5.88 Å². The Bertz CT molecular complexity index is 1190. The topological polar surface area (TPSA) is 68.2 Å². The lowest BCUT2D eigenvalue weighted by Crippen LogP contribution is -2.59.